The average molecular weight is 641 g/mol. The van der Waals surface area contributed by atoms with Crippen molar-refractivity contribution >= 4 is 31.4 Å². The minimum atomic E-state index is -4.88. The topological polar surface area (TPSA) is 97.8 Å². The Morgan fingerprint density at radius 1 is 0.932 bits per heavy atom. The van der Waals surface area contributed by atoms with E-state index < -0.39 is 27.8 Å². The fraction of sp³-hybridized carbons (Fsp3) is 0.219. The van der Waals surface area contributed by atoms with Crippen LogP contribution in [0.25, 0.3) is 21.3 Å². The summed E-state index contributed by atoms with van der Waals surface area (Å²) in [7, 11) is -4.06. The van der Waals surface area contributed by atoms with Gasteiger partial charge in [-0.3, -0.25) is 4.98 Å². The number of rotatable bonds is 7. The molecule has 0 saturated heterocycles. The summed E-state index contributed by atoms with van der Waals surface area (Å²) in [6, 6.07) is 22.3. The number of fused-ring (bicyclic) bond motifs is 2. The maximum Gasteiger partial charge on any atom is 0.421 e. The van der Waals surface area contributed by atoms with E-state index in [9.17, 15) is 26.7 Å². The molecule has 1 unspecified atom stereocenters. The molecule has 1 aliphatic heterocycles. The van der Waals surface area contributed by atoms with Gasteiger partial charge < -0.3 is 14.6 Å². The van der Waals surface area contributed by atoms with Crippen LogP contribution in [0, 0.1) is 0 Å². The van der Waals surface area contributed by atoms with E-state index in [1.807, 2.05) is 42.5 Å². The number of aliphatic hydroxyl groups is 1. The molecule has 12 heteroatoms. The van der Waals surface area contributed by atoms with Crippen LogP contribution >= 0.6 is 11.3 Å². The van der Waals surface area contributed by atoms with Crippen molar-refractivity contribution in [3.05, 3.63) is 107 Å². The van der Waals surface area contributed by atoms with Crippen molar-refractivity contribution in [3.63, 3.8) is 0 Å². The molecular weight excluding hydrogens is 613 g/mol. The van der Waals surface area contributed by atoms with E-state index in [0.717, 1.165) is 11.5 Å². The van der Waals surface area contributed by atoms with Crippen LogP contribution < -0.4 is 14.2 Å². The molecule has 0 fully saturated rings. The lowest BCUT2D eigenvalue weighted by Gasteiger charge is -2.26. The molecule has 2 atom stereocenters. The summed E-state index contributed by atoms with van der Waals surface area (Å²) in [5.74, 6) is 0.833. The molecule has 2 N–H and O–H groups in total. The largest absolute Gasteiger partial charge is 0.490 e. The Labute approximate surface area is 256 Å². The number of benzene rings is 3. The van der Waals surface area contributed by atoms with Crippen LogP contribution in [0.4, 0.5) is 13.2 Å². The monoisotopic (exact) mass is 640 g/mol. The van der Waals surface area contributed by atoms with Gasteiger partial charge in [-0.2, -0.15) is 17.9 Å². The summed E-state index contributed by atoms with van der Waals surface area (Å²) < 4.78 is 83.1. The molecule has 3 aromatic carbocycles. The number of aromatic nitrogens is 1. The van der Waals surface area contributed by atoms with Gasteiger partial charge in [0.05, 0.1) is 29.8 Å². The Morgan fingerprint density at radius 2 is 1.68 bits per heavy atom. The van der Waals surface area contributed by atoms with Crippen LogP contribution in [0.15, 0.2) is 96.0 Å². The second-order valence-electron chi connectivity index (χ2n) is 10.5. The van der Waals surface area contributed by atoms with Gasteiger partial charge in [-0.1, -0.05) is 48.5 Å². The average Bonchev–Trinajstić information content (AvgIpc) is 3.30. The zero-order valence-corrected chi connectivity index (χ0v) is 25.0. The molecule has 1 aliphatic rings. The summed E-state index contributed by atoms with van der Waals surface area (Å²) in [6.07, 6.45) is -2.97. The first kappa shape index (κ1) is 30.1. The van der Waals surface area contributed by atoms with E-state index in [4.69, 9.17) is 9.47 Å². The second kappa shape index (κ2) is 11.5. The van der Waals surface area contributed by atoms with E-state index in [0.29, 0.717) is 58.8 Å². The number of pyridine rings is 1. The van der Waals surface area contributed by atoms with Crippen LogP contribution in [-0.2, 0) is 15.6 Å². The Morgan fingerprint density at radius 3 is 2.43 bits per heavy atom. The molecule has 7 nitrogen and oxygen atoms in total. The quantitative estimate of drug-likeness (QED) is 0.200. The lowest BCUT2D eigenvalue weighted by atomic mass is 9.94. The minimum Gasteiger partial charge on any atom is -0.490 e. The zero-order valence-electron chi connectivity index (χ0n) is 23.3. The molecule has 0 aliphatic carbocycles. The molecule has 0 radical (unpaired) electrons. The molecule has 0 amide bonds. The molecule has 0 bridgehead atoms. The summed E-state index contributed by atoms with van der Waals surface area (Å²) in [6.45, 7) is 1.59. The standard InChI is InChI=1S/C32H27F3N2O5S2/c1-31(38,32(33,34)35)22-13-14-36-25(18-22)24-10-5-9-21-17-28(43-30(21)24)29(20-7-3-2-4-8-20)37-44(39,40)23-11-12-26-27(19-23)42-16-6-15-41-26/h2-5,7-14,17-19,29,37-38H,6,15-16H2,1H3/t29?,31-/m1/s1. The first-order valence-corrected chi connectivity index (χ1v) is 16.0. The highest BCUT2D eigenvalue weighted by Crippen LogP contribution is 2.42. The lowest BCUT2D eigenvalue weighted by molar-refractivity contribution is -0.258. The van der Waals surface area contributed by atoms with Gasteiger partial charge in [0, 0.05) is 33.8 Å². The molecule has 5 aromatic rings. The fourth-order valence-corrected chi connectivity index (χ4v) is 7.50. The number of nitrogens with zero attached hydrogens (tertiary/aromatic N) is 1. The van der Waals surface area contributed by atoms with Crippen LogP contribution in [0.3, 0.4) is 0 Å². The van der Waals surface area contributed by atoms with Gasteiger partial charge >= 0.3 is 6.18 Å². The van der Waals surface area contributed by atoms with Crippen molar-refractivity contribution in [2.45, 2.75) is 36.1 Å². The highest BCUT2D eigenvalue weighted by molar-refractivity contribution is 7.89. The maximum absolute atomic E-state index is 13.7. The van der Waals surface area contributed by atoms with Gasteiger partial charge in [0.15, 0.2) is 17.1 Å². The summed E-state index contributed by atoms with van der Waals surface area (Å²) in [5.41, 5.74) is -1.91. The summed E-state index contributed by atoms with van der Waals surface area (Å²) in [4.78, 5) is 4.98. The zero-order chi connectivity index (χ0) is 31.1. The number of alkyl halides is 3. The lowest BCUT2D eigenvalue weighted by Crippen LogP contribution is -2.39. The summed E-state index contributed by atoms with van der Waals surface area (Å²) >= 11 is 1.31. The molecule has 6 rings (SSSR count). The predicted octanol–water partition coefficient (Wildman–Crippen LogP) is 6.96. The number of nitrogens with one attached hydrogen (secondary N) is 1. The van der Waals surface area contributed by atoms with Crippen molar-refractivity contribution in [3.8, 4) is 22.8 Å². The highest BCUT2D eigenvalue weighted by Gasteiger charge is 2.51. The number of thiophene rings is 1. The van der Waals surface area contributed by atoms with E-state index >= 15 is 0 Å². The molecule has 3 heterocycles. The van der Waals surface area contributed by atoms with Crippen molar-refractivity contribution in [2.24, 2.45) is 0 Å². The van der Waals surface area contributed by atoms with Crippen LogP contribution in [-0.4, -0.2) is 37.9 Å². The SMILES string of the molecule is C[C@@](O)(c1ccnc(-c2cccc3cc(C(NS(=O)(=O)c4ccc5c(c4)OCCCO5)c4ccccc4)sc23)c1)C(F)(F)F. The Bertz CT molecular complexity index is 1930. The fourth-order valence-electron chi connectivity index (χ4n) is 4.94. The van der Waals surface area contributed by atoms with Crippen LogP contribution in [0.2, 0.25) is 0 Å². The van der Waals surface area contributed by atoms with Crippen molar-refractivity contribution in [1.29, 1.82) is 0 Å². The molecule has 0 spiro atoms. The third-order valence-corrected chi connectivity index (χ3v) is 10.1. The number of ether oxygens (including phenoxy) is 2. The first-order chi connectivity index (χ1) is 20.9. The molecule has 2 aromatic heterocycles. The van der Waals surface area contributed by atoms with Gasteiger partial charge in [-0.15, -0.1) is 11.3 Å². The smallest absolute Gasteiger partial charge is 0.421 e. The van der Waals surface area contributed by atoms with Crippen molar-refractivity contribution in [2.75, 3.05) is 13.2 Å². The predicted molar refractivity (Wildman–Crippen MR) is 161 cm³/mol. The minimum absolute atomic E-state index is 0.0159. The molecule has 44 heavy (non-hydrogen) atoms. The second-order valence-corrected chi connectivity index (χ2v) is 13.3. The third kappa shape index (κ3) is 5.77. The van der Waals surface area contributed by atoms with Crippen molar-refractivity contribution in [1.82, 2.24) is 9.71 Å². The first-order valence-electron chi connectivity index (χ1n) is 13.7. The van der Waals surface area contributed by atoms with Crippen molar-refractivity contribution < 1.29 is 36.2 Å². The summed E-state index contributed by atoms with van der Waals surface area (Å²) in [5, 5.41) is 11.0. The number of sulfonamides is 1. The van der Waals surface area contributed by atoms with E-state index in [-0.39, 0.29) is 16.2 Å². The van der Waals surface area contributed by atoms with Crippen LogP contribution in [0.1, 0.15) is 35.4 Å². The number of hydrogen-bond donors (Lipinski definition) is 2. The molecular formula is C32H27F3N2O5S2. The highest BCUT2D eigenvalue weighted by atomic mass is 32.2. The Kier molecular flexibility index (Phi) is 7.87. The van der Waals surface area contributed by atoms with Gasteiger partial charge in [0.1, 0.15) is 0 Å². The number of hydrogen-bond acceptors (Lipinski definition) is 7. The van der Waals surface area contributed by atoms with Crippen LogP contribution in [0.5, 0.6) is 11.5 Å². The van der Waals surface area contributed by atoms with E-state index in [1.165, 1.54) is 35.7 Å². The van der Waals surface area contributed by atoms with Gasteiger partial charge in [0.25, 0.3) is 0 Å². The Hall–Kier alpha value is -3.97. The molecule has 0 saturated carbocycles. The molecule has 228 valence electrons. The Balaban J connectivity index is 1.41. The van der Waals surface area contributed by atoms with E-state index in [1.54, 1.807) is 18.2 Å². The normalized spacial score (nSPS) is 15.8. The van der Waals surface area contributed by atoms with Gasteiger partial charge in [-0.25, -0.2) is 8.42 Å². The van der Waals surface area contributed by atoms with Gasteiger partial charge in [0.2, 0.25) is 10.0 Å². The maximum atomic E-state index is 13.7. The number of halogens is 3. The van der Waals surface area contributed by atoms with Gasteiger partial charge in [-0.05, 0) is 53.8 Å². The third-order valence-electron chi connectivity index (χ3n) is 7.43. The van der Waals surface area contributed by atoms with E-state index in [2.05, 4.69) is 9.71 Å².